The van der Waals surface area contributed by atoms with Crippen LogP contribution in [0.2, 0.25) is 0 Å². The number of carbonyl (C=O) groups is 2. The van der Waals surface area contributed by atoms with Gasteiger partial charge in [-0.25, -0.2) is 4.39 Å². The van der Waals surface area contributed by atoms with Gasteiger partial charge < -0.3 is 14.7 Å². The lowest BCUT2D eigenvalue weighted by Gasteiger charge is -2.21. The van der Waals surface area contributed by atoms with Crippen molar-refractivity contribution >= 4 is 11.9 Å². The molecule has 0 saturated carbocycles. The third-order valence-electron chi connectivity index (χ3n) is 4.92. The molecule has 0 aliphatic carbocycles. The van der Waals surface area contributed by atoms with Crippen LogP contribution in [0.1, 0.15) is 34.1 Å². The van der Waals surface area contributed by atoms with Crippen LogP contribution < -0.4 is 4.74 Å². The maximum Gasteiger partial charge on any atom is 0.323 e. The van der Waals surface area contributed by atoms with E-state index in [0.717, 1.165) is 17.7 Å². The van der Waals surface area contributed by atoms with E-state index >= 15 is 0 Å². The van der Waals surface area contributed by atoms with Crippen LogP contribution in [0.25, 0.3) is 0 Å². The average Bonchev–Trinajstić information content (AvgIpc) is 2.80. The first-order chi connectivity index (χ1) is 15.4. The number of aliphatic carboxylic acids is 1. The van der Waals surface area contributed by atoms with E-state index in [-0.39, 0.29) is 12.1 Å². The van der Waals surface area contributed by atoms with Gasteiger partial charge in [-0.1, -0.05) is 25.1 Å². The molecule has 0 aliphatic heterocycles. The summed E-state index contributed by atoms with van der Waals surface area (Å²) in [6.07, 6.45) is 3.51. The highest BCUT2D eigenvalue weighted by Gasteiger charge is 2.19. The van der Waals surface area contributed by atoms with E-state index < -0.39 is 24.2 Å². The lowest BCUT2D eigenvalue weighted by Crippen LogP contribution is -2.35. The van der Waals surface area contributed by atoms with Gasteiger partial charge in [0.15, 0.2) is 0 Å². The molecule has 6 nitrogen and oxygen atoms in total. The molecule has 0 unspecified atom stereocenters. The zero-order valence-electron chi connectivity index (χ0n) is 17.8. The number of pyridine rings is 1. The highest BCUT2D eigenvalue weighted by atomic mass is 19.1. The summed E-state index contributed by atoms with van der Waals surface area (Å²) >= 11 is 0. The number of aromatic nitrogens is 1. The molecule has 0 spiro atoms. The number of amides is 1. The molecule has 0 aliphatic rings. The topological polar surface area (TPSA) is 79.7 Å². The SMILES string of the molecule is CCc1ccc(CCOc2ccc(CN(CC(=O)O)C(=O)c3ccc(F)cc3)cc2)nc1. The van der Waals surface area contributed by atoms with Gasteiger partial charge in [-0.2, -0.15) is 0 Å². The molecule has 166 valence electrons. The number of rotatable bonds is 10. The van der Waals surface area contributed by atoms with Crippen molar-refractivity contribution in [3.05, 3.63) is 95.1 Å². The van der Waals surface area contributed by atoms with Crippen LogP contribution in [0, 0.1) is 5.82 Å². The number of carboxylic acids is 1. The van der Waals surface area contributed by atoms with Crippen LogP contribution in [0.4, 0.5) is 4.39 Å². The number of carboxylic acid groups (broad SMARTS) is 1. The van der Waals surface area contributed by atoms with Crippen LogP contribution >= 0.6 is 0 Å². The molecule has 0 atom stereocenters. The number of halogens is 1. The summed E-state index contributed by atoms with van der Waals surface area (Å²) in [5, 5.41) is 9.19. The minimum Gasteiger partial charge on any atom is -0.493 e. The predicted octanol–water partition coefficient (Wildman–Crippen LogP) is 4.13. The Morgan fingerprint density at radius 3 is 2.28 bits per heavy atom. The number of nitrogens with zero attached hydrogens (tertiary/aromatic N) is 2. The zero-order chi connectivity index (χ0) is 22.9. The molecule has 1 N–H and O–H groups in total. The zero-order valence-corrected chi connectivity index (χ0v) is 17.8. The Morgan fingerprint density at radius 2 is 1.69 bits per heavy atom. The molecule has 0 saturated heterocycles. The van der Waals surface area contributed by atoms with Gasteiger partial charge >= 0.3 is 5.97 Å². The van der Waals surface area contributed by atoms with Gasteiger partial charge in [0.1, 0.15) is 18.1 Å². The maximum atomic E-state index is 13.1. The number of ether oxygens (including phenoxy) is 1. The van der Waals surface area contributed by atoms with Crippen LogP contribution in [-0.2, 0) is 24.2 Å². The Hall–Kier alpha value is -3.74. The first kappa shape index (κ1) is 22.9. The summed E-state index contributed by atoms with van der Waals surface area (Å²) in [5.74, 6) is -1.39. The van der Waals surface area contributed by atoms with Crippen molar-refractivity contribution in [2.75, 3.05) is 13.2 Å². The second-order valence-corrected chi connectivity index (χ2v) is 7.32. The van der Waals surface area contributed by atoms with Crippen molar-refractivity contribution < 1.29 is 23.8 Å². The molecule has 2 aromatic carbocycles. The van der Waals surface area contributed by atoms with E-state index in [2.05, 4.69) is 18.0 Å². The Morgan fingerprint density at radius 1 is 1.00 bits per heavy atom. The van der Waals surface area contributed by atoms with E-state index in [0.29, 0.717) is 18.8 Å². The van der Waals surface area contributed by atoms with E-state index in [9.17, 15) is 19.1 Å². The Kier molecular flexibility index (Phi) is 7.91. The number of hydrogen-bond acceptors (Lipinski definition) is 4. The highest BCUT2D eigenvalue weighted by molar-refractivity contribution is 5.95. The van der Waals surface area contributed by atoms with Gasteiger partial charge in [0, 0.05) is 30.4 Å². The standard InChI is InChI=1S/C25H25FN2O4/c1-2-18-3-10-22(27-15-18)13-14-32-23-11-4-19(5-12-23)16-28(17-24(29)30)25(31)20-6-8-21(26)9-7-20/h3-12,15H,2,13-14,16-17H2,1H3,(H,29,30). The lowest BCUT2D eigenvalue weighted by atomic mass is 10.1. The van der Waals surface area contributed by atoms with Crippen molar-refractivity contribution in [3.8, 4) is 5.75 Å². The van der Waals surface area contributed by atoms with Crippen LogP contribution in [0.5, 0.6) is 5.75 Å². The first-order valence-corrected chi connectivity index (χ1v) is 10.4. The van der Waals surface area contributed by atoms with E-state index in [1.807, 2.05) is 12.3 Å². The van der Waals surface area contributed by atoms with E-state index in [1.54, 1.807) is 24.3 Å². The number of benzene rings is 2. The monoisotopic (exact) mass is 436 g/mol. The Labute approximate surface area is 186 Å². The molecule has 32 heavy (non-hydrogen) atoms. The van der Waals surface area contributed by atoms with Gasteiger partial charge in [0.2, 0.25) is 0 Å². The summed E-state index contributed by atoms with van der Waals surface area (Å²) in [6, 6.07) is 16.2. The second-order valence-electron chi connectivity index (χ2n) is 7.32. The molecule has 7 heteroatoms. The Bertz CT molecular complexity index is 1040. The van der Waals surface area contributed by atoms with Crippen LogP contribution in [0.15, 0.2) is 66.9 Å². The fourth-order valence-corrected chi connectivity index (χ4v) is 3.13. The summed E-state index contributed by atoms with van der Waals surface area (Å²) < 4.78 is 18.9. The molecular weight excluding hydrogens is 411 g/mol. The minimum atomic E-state index is -1.12. The molecular formula is C25H25FN2O4. The van der Waals surface area contributed by atoms with Gasteiger partial charge in [-0.3, -0.25) is 14.6 Å². The molecule has 3 rings (SSSR count). The van der Waals surface area contributed by atoms with Crippen LogP contribution in [-0.4, -0.2) is 40.0 Å². The van der Waals surface area contributed by atoms with Crippen molar-refractivity contribution in [2.24, 2.45) is 0 Å². The van der Waals surface area contributed by atoms with Gasteiger partial charge in [0.25, 0.3) is 5.91 Å². The third-order valence-corrected chi connectivity index (χ3v) is 4.92. The highest BCUT2D eigenvalue weighted by Crippen LogP contribution is 2.16. The average molecular weight is 436 g/mol. The fourth-order valence-electron chi connectivity index (χ4n) is 3.13. The Balaban J connectivity index is 1.58. The summed E-state index contributed by atoms with van der Waals surface area (Å²) in [7, 11) is 0. The molecule has 1 amide bonds. The van der Waals surface area contributed by atoms with E-state index in [1.165, 1.54) is 34.7 Å². The van der Waals surface area contributed by atoms with Gasteiger partial charge in [-0.15, -0.1) is 0 Å². The normalized spacial score (nSPS) is 10.6. The third kappa shape index (κ3) is 6.63. The molecule has 3 aromatic rings. The van der Waals surface area contributed by atoms with Crippen molar-refractivity contribution in [1.82, 2.24) is 9.88 Å². The van der Waals surface area contributed by atoms with Gasteiger partial charge in [0.05, 0.1) is 6.61 Å². The smallest absolute Gasteiger partial charge is 0.323 e. The quantitative estimate of drug-likeness (QED) is 0.517. The lowest BCUT2D eigenvalue weighted by molar-refractivity contribution is -0.137. The number of carbonyl (C=O) groups excluding carboxylic acids is 1. The van der Waals surface area contributed by atoms with Gasteiger partial charge in [-0.05, 0) is 60.0 Å². The minimum absolute atomic E-state index is 0.108. The summed E-state index contributed by atoms with van der Waals surface area (Å²) in [6.45, 7) is 2.21. The van der Waals surface area contributed by atoms with Crippen LogP contribution in [0.3, 0.4) is 0 Å². The fraction of sp³-hybridized carbons (Fsp3) is 0.240. The first-order valence-electron chi connectivity index (χ1n) is 10.4. The largest absolute Gasteiger partial charge is 0.493 e. The molecule has 0 radical (unpaired) electrons. The van der Waals surface area contributed by atoms with Crippen molar-refractivity contribution in [1.29, 1.82) is 0 Å². The van der Waals surface area contributed by atoms with E-state index in [4.69, 9.17) is 4.74 Å². The van der Waals surface area contributed by atoms with Crippen molar-refractivity contribution in [3.63, 3.8) is 0 Å². The van der Waals surface area contributed by atoms with Crippen molar-refractivity contribution in [2.45, 2.75) is 26.3 Å². The maximum absolute atomic E-state index is 13.1. The molecule has 1 heterocycles. The number of aryl methyl sites for hydroxylation is 1. The summed E-state index contributed by atoms with van der Waals surface area (Å²) in [4.78, 5) is 29.5. The molecule has 0 fully saturated rings. The molecule has 1 aromatic heterocycles. The second kappa shape index (κ2) is 11.0. The molecule has 0 bridgehead atoms. The predicted molar refractivity (Wildman–Crippen MR) is 118 cm³/mol. The number of hydrogen-bond donors (Lipinski definition) is 1. The summed E-state index contributed by atoms with van der Waals surface area (Å²) in [5.41, 5.74) is 3.14.